The Morgan fingerprint density at radius 2 is 1.45 bits per heavy atom. The maximum Gasteiger partial charge on any atom is 0.123 e. The fraction of sp³-hybridized carbons (Fsp3) is 0.250. The van der Waals surface area contributed by atoms with Crippen LogP contribution in [0.25, 0.3) is 0 Å². The summed E-state index contributed by atoms with van der Waals surface area (Å²) >= 11 is 15.8. The van der Waals surface area contributed by atoms with Crippen molar-refractivity contribution in [2.75, 3.05) is 11.8 Å². The Kier molecular flexibility index (Phi) is 5.48. The van der Waals surface area contributed by atoms with Gasteiger partial charge in [0.05, 0.1) is 0 Å². The Labute approximate surface area is 137 Å². The summed E-state index contributed by atoms with van der Waals surface area (Å²) in [7, 11) is 0. The second-order valence-corrected chi connectivity index (χ2v) is 6.31. The zero-order chi connectivity index (χ0) is 14.6. The van der Waals surface area contributed by atoms with Crippen LogP contribution in [0.5, 0.6) is 0 Å². The predicted molar refractivity (Wildman–Crippen MR) is 87.4 cm³/mol. The van der Waals surface area contributed by atoms with Crippen LogP contribution in [0.3, 0.4) is 0 Å². The normalized spacial score (nSPS) is 11.6. The molecule has 0 aliphatic heterocycles. The zero-order valence-corrected chi connectivity index (χ0v) is 13.8. The summed E-state index contributed by atoms with van der Waals surface area (Å²) in [5.41, 5.74) is 1.73. The van der Waals surface area contributed by atoms with Gasteiger partial charge in [-0.2, -0.15) is 0 Å². The Balaban J connectivity index is 2.33. The summed E-state index contributed by atoms with van der Waals surface area (Å²) in [5.74, 6) is 0.520. The Morgan fingerprint density at radius 3 is 1.95 bits per heavy atom. The van der Waals surface area contributed by atoms with Gasteiger partial charge in [-0.1, -0.05) is 40.2 Å². The molecule has 2 aromatic carbocycles. The third kappa shape index (κ3) is 3.55. The topological polar surface area (TPSA) is 0 Å². The lowest BCUT2D eigenvalue weighted by molar-refractivity contribution is 0.533. The molecule has 2 aromatic rings. The van der Waals surface area contributed by atoms with Crippen molar-refractivity contribution in [3.05, 3.63) is 69.9 Å². The lowest BCUT2D eigenvalue weighted by atomic mass is 9.79. The van der Waals surface area contributed by atoms with Crippen molar-refractivity contribution in [2.24, 2.45) is 0 Å². The van der Waals surface area contributed by atoms with Crippen molar-refractivity contribution < 1.29 is 4.39 Å². The predicted octanol–water partition coefficient (Wildman–Crippen LogP) is 5.55. The van der Waals surface area contributed by atoms with Crippen molar-refractivity contribution >= 4 is 39.1 Å². The van der Waals surface area contributed by atoms with Crippen LogP contribution in [0.15, 0.2) is 53.0 Å². The first-order chi connectivity index (χ1) is 9.59. The van der Waals surface area contributed by atoms with E-state index in [0.29, 0.717) is 11.8 Å². The van der Waals surface area contributed by atoms with E-state index in [-0.39, 0.29) is 11.2 Å². The summed E-state index contributed by atoms with van der Waals surface area (Å²) < 4.78 is 14.1. The quantitative estimate of drug-likeness (QED) is 0.601. The monoisotopic (exact) mass is 374 g/mol. The van der Waals surface area contributed by atoms with Gasteiger partial charge in [0.25, 0.3) is 0 Å². The van der Waals surface area contributed by atoms with Crippen molar-refractivity contribution in [3.8, 4) is 0 Å². The molecule has 0 unspecified atom stereocenters. The number of rotatable bonds is 5. The van der Waals surface area contributed by atoms with Gasteiger partial charge < -0.3 is 0 Å². The van der Waals surface area contributed by atoms with E-state index in [0.717, 1.165) is 22.0 Å². The lowest BCUT2D eigenvalue weighted by Crippen LogP contribution is -2.33. The van der Waals surface area contributed by atoms with Crippen LogP contribution < -0.4 is 0 Å². The number of alkyl halides is 2. The van der Waals surface area contributed by atoms with Gasteiger partial charge in [-0.05, 0) is 41.8 Å². The second-order valence-electron chi connectivity index (χ2n) is 4.86. The molecule has 0 bridgehead atoms. The molecule has 0 saturated carbocycles. The van der Waals surface area contributed by atoms with Gasteiger partial charge in [-0.3, -0.25) is 0 Å². The first-order valence-corrected chi connectivity index (χ1v) is 8.08. The van der Waals surface area contributed by atoms with Crippen LogP contribution in [0.1, 0.15) is 11.1 Å². The molecule has 0 heterocycles. The highest BCUT2D eigenvalue weighted by Crippen LogP contribution is 2.32. The van der Waals surface area contributed by atoms with Gasteiger partial charge in [0.2, 0.25) is 0 Å². The molecule has 20 heavy (non-hydrogen) atoms. The summed E-state index contributed by atoms with van der Waals surface area (Å²) in [4.78, 5) is 0. The van der Waals surface area contributed by atoms with Gasteiger partial charge in [0.1, 0.15) is 5.82 Å². The van der Waals surface area contributed by atoms with E-state index in [1.54, 1.807) is 12.1 Å². The summed E-state index contributed by atoms with van der Waals surface area (Å²) in [6, 6.07) is 14.5. The molecule has 0 spiro atoms. The molecule has 0 saturated heterocycles. The molecule has 0 nitrogen and oxygen atoms in total. The Hall–Kier alpha value is -0.570. The molecule has 0 radical (unpaired) electrons. The number of halogens is 4. The van der Waals surface area contributed by atoms with E-state index in [1.165, 1.54) is 12.1 Å². The molecule has 0 N–H and O–H groups in total. The molecular weight excluding hydrogens is 362 g/mol. The van der Waals surface area contributed by atoms with Crippen LogP contribution in [0.4, 0.5) is 4.39 Å². The molecule has 0 atom stereocenters. The third-order valence-electron chi connectivity index (χ3n) is 3.42. The van der Waals surface area contributed by atoms with Crippen LogP contribution in [0.2, 0.25) is 0 Å². The number of benzene rings is 2. The van der Waals surface area contributed by atoms with Gasteiger partial charge >= 0.3 is 0 Å². The summed E-state index contributed by atoms with van der Waals surface area (Å²) in [6.45, 7) is 0. The van der Waals surface area contributed by atoms with Crippen molar-refractivity contribution in [2.45, 2.75) is 11.8 Å². The van der Waals surface area contributed by atoms with Crippen molar-refractivity contribution in [3.63, 3.8) is 0 Å². The van der Waals surface area contributed by atoms with E-state index < -0.39 is 0 Å². The number of hydrogen-bond acceptors (Lipinski definition) is 0. The van der Waals surface area contributed by atoms with Crippen LogP contribution in [0, 0.1) is 5.82 Å². The Morgan fingerprint density at radius 1 is 0.900 bits per heavy atom. The molecular formula is C16H14BrCl2F. The number of hydrogen-bond donors (Lipinski definition) is 0. The minimum atomic E-state index is -0.384. The van der Waals surface area contributed by atoms with E-state index in [9.17, 15) is 4.39 Å². The second kappa shape index (κ2) is 6.93. The first-order valence-electron chi connectivity index (χ1n) is 6.22. The van der Waals surface area contributed by atoms with E-state index >= 15 is 0 Å². The van der Waals surface area contributed by atoms with Crippen molar-refractivity contribution in [1.82, 2.24) is 0 Å². The molecule has 2 rings (SSSR count). The van der Waals surface area contributed by atoms with Gasteiger partial charge in [-0.25, -0.2) is 4.39 Å². The van der Waals surface area contributed by atoms with E-state index in [4.69, 9.17) is 23.2 Å². The van der Waals surface area contributed by atoms with E-state index in [2.05, 4.69) is 15.9 Å². The van der Waals surface area contributed by atoms with Crippen LogP contribution in [-0.4, -0.2) is 11.8 Å². The molecule has 0 aliphatic rings. The standard InChI is InChI=1S/C16H14BrCl2F/c17-14-5-1-12(2-6-14)9-16(10-18,11-19)13-3-7-15(20)8-4-13/h1-8H,9-11H2. The SMILES string of the molecule is Fc1ccc(C(CCl)(CCl)Cc2ccc(Br)cc2)cc1. The molecule has 4 heteroatoms. The fourth-order valence-electron chi connectivity index (χ4n) is 2.18. The van der Waals surface area contributed by atoms with Gasteiger partial charge in [0.15, 0.2) is 0 Å². The highest BCUT2D eigenvalue weighted by molar-refractivity contribution is 9.10. The van der Waals surface area contributed by atoms with Crippen molar-refractivity contribution in [1.29, 1.82) is 0 Å². The summed E-state index contributed by atoms with van der Waals surface area (Å²) in [6.07, 6.45) is 0.721. The minimum Gasteiger partial charge on any atom is -0.207 e. The smallest absolute Gasteiger partial charge is 0.123 e. The summed E-state index contributed by atoms with van der Waals surface area (Å²) in [5, 5.41) is 0. The average molecular weight is 376 g/mol. The lowest BCUT2D eigenvalue weighted by Gasteiger charge is -2.30. The Bertz CT molecular complexity index is 548. The average Bonchev–Trinajstić information content (AvgIpc) is 2.48. The van der Waals surface area contributed by atoms with Gasteiger partial charge in [0, 0.05) is 21.6 Å². The molecule has 0 aromatic heterocycles. The van der Waals surface area contributed by atoms with E-state index in [1.807, 2.05) is 24.3 Å². The molecule has 0 fully saturated rings. The van der Waals surface area contributed by atoms with Crippen LogP contribution in [-0.2, 0) is 11.8 Å². The maximum absolute atomic E-state index is 13.1. The molecule has 106 valence electrons. The molecule has 0 amide bonds. The fourth-order valence-corrected chi connectivity index (χ4v) is 3.23. The molecule has 0 aliphatic carbocycles. The minimum absolute atomic E-state index is 0.254. The first kappa shape index (κ1) is 15.8. The largest absolute Gasteiger partial charge is 0.207 e. The van der Waals surface area contributed by atoms with Gasteiger partial charge in [-0.15, -0.1) is 23.2 Å². The van der Waals surface area contributed by atoms with Crippen LogP contribution >= 0.6 is 39.1 Å². The maximum atomic E-state index is 13.1. The zero-order valence-electron chi connectivity index (χ0n) is 10.8. The highest BCUT2D eigenvalue weighted by Gasteiger charge is 2.31. The highest BCUT2D eigenvalue weighted by atomic mass is 79.9. The third-order valence-corrected chi connectivity index (χ3v) is 4.98.